The number of hydrogen-bond acceptors (Lipinski definition) is 3. The molecule has 1 aromatic carbocycles. The molecule has 4 nitrogen and oxygen atoms in total. The topological polar surface area (TPSA) is 60.9 Å². The van der Waals surface area contributed by atoms with Gasteiger partial charge in [0.05, 0.1) is 33.0 Å². The highest BCUT2D eigenvalue weighted by molar-refractivity contribution is 9.10. The van der Waals surface area contributed by atoms with Gasteiger partial charge < -0.3 is 5.73 Å². The number of halogens is 2. The number of hydrogen-bond donors (Lipinski definition) is 1. The van der Waals surface area contributed by atoms with E-state index in [4.69, 9.17) is 17.3 Å². The fourth-order valence-electron chi connectivity index (χ4n) is 1.84. The molecule has 0 saturated carbocycles. The quantitative estimate of drug-likeness (QED) is 0.688. The van der Waals surface area contributed by atoms with E-state index in [9.17, 15) is 4.79 Å². The van der Waals surface area contributed by atoms with Gasteiger partial charge in [-0.1, -0.05) is 11.6 Å². The second kappa shape index (κ2) is 5.35. The van der Waals surface area contributed by atoms with E-state index in [1.165, 1.54) is 0 Å². The number of nitrogens with two attached hydrogens (primary N) is 1. The van der Waals surface area contributed by atoms with E-state index in [0.29, 0.717) is 16.3 Å². The van der Waals surface area contributed by atoms with Crippen LogP contribution in [0.1, 0.15) is 21.7 Å². The van der Waals surface area contributed by atoms with Crippen LogP contribution in [0.2, 0.25) is 5.02 Å². The standard InChI is InChI=1S/C13H13BrClN3O/c1-7-13(14)11(18(2)17-7)6-12(19)8-3-4-9(15)10(16)5-8/h3-5H,6,16H2,1-2H3. The van der Waals surface area contributed by atoms with Gasteiger partial charge >= 0.3 is 0 Å². The number of Topliss-reactive ketones (excluding diaryl/α,β-unsaturated/α-hetero) is 1. The molecule has 2 N–H and O–H groups in total. The molecule has 0 aliphatic rings. The molecule has 0 atom stereocenters. The lowest BCUT2D eigenvalue weighted by Crippen LogP contribution is -2.08. The summed E-state index contributed by atoms with van der Waals surface area (Å²) < 4.78 is 2.57. The fourth-order valence-corrected chi connectivity index (χ4v) is 2.44. The number of carbonyl (C=O) groups excluding carboxylic acids is 1. The van der Waals surface area contributed by atoms with Crippen LogP contribution in [0.4, 0.5) is 5.69 Å². The number of aromatic nitrogens is 2. The fraction of sp³-hybridized carbons (Fsp3) is 0.231. The summed E-state index contributed by atoms with van der Waals surface area (Å²) in [6.07, 6.45) is 0.263. The van der Waals surface area contributed by atoms with Crippen molar-refractivity contribution in [2.75, 3.05) is 5.73 Å². The summed E-state index contributed by atoms with van der Waals surface area (Å²) in [6, 6.07) is 4.91. The minimum Gasteiger partial charge on any atom is -0.398 e. The first-order valence-corrected chi connectivity index (χ1v) is 6.83. The summed E-state index contributed by atoms with van der Waals surface area (Å²) in [7, 11) is 1.82. The molecule has 0 aliphatic carbocycles. The largest absolute Gasteiger partial charge is 0.398 e. The third-order valence-corrected chi connectivity index (χ3v) is 4.28. The predicted octanol–water partition coefficient (Wildman–Crippen LogP) is 3.15. The number of nitrogens with zero attached hydrogens (tertiary/aromatic N) is 2. The zero-order valence-corrected chi connectivity index (χ0v) is 12.9. The van der Waals surface area contributed by atoms with Gasteiger partial charge in [0.25, 0.3) is 0 Å². The van der Waals surface area contributed by atoms with Crippen molar-refractivity contribution in [1.82, 2.24) is 9.78 Å². The molecule has 0 fully saturated rings. The average molecular weight is 343 g/mol. The van der Waals surface area contributed by atoms with Gasteiger partial charge in [-0.25, -0.2) is 0 Å². The monoisotopic (exact) mass is 341 g/mol. The molecule has 0 bridgehead atoms. The molecule has 100 valence electrons. The Morgan fingerprint density at radius 3 is 2.74 bits per heavy atom. The number of rotatable bonds is 3. The molecule has 19 heavy (non-hydrogen) atoms. The Balaban J connectivity index is 2.28. The highest BCUT2D eigenvalue weighted by Crippen LogP contribution is 2.24. The second-order valence-corrected chi connectivity index (χ2v) is 5.51. The van der Waals surface area contributed by atoms with Crippen LogP contribution in [0.3, 0.4) is 0 Å². The molecule has 0 saturated heterocycles. The van der Waals surface area contributed by atoms with E-state index in [1.807, 2.05) is 14.0 Å². The number of benzene rings is 1. The van der Waals surface area contributed by atoms with Crippen molar-refractivity contribution in [2.45, 2.75) is 13.3 Å². The van der Waals surface area contributed by atoms with Gasteiger partial charge in [-0.05, 0) is 41.1 Å². The number of nitrogen functional groups attached to an aromatic ring is 1. The maximum Gasteiger partial charge on any atom is 0.168 e. The van der Waals surface area contributed by atoms with Crippen LogP contribution in [0, 0.1) is 6.92 Å². The van der Waals surface area contributed by atoms with E-state index in [2.05, 4.69) is 21.0 Å². The van der Waals surface area contributed by atoms with E-state index in [0.717, 1.165) is 15.9 Å². The number of anilines is 1. The van der Waals surface area contributed by atoms with Gasteiger partial charge in [-0.2, -0.15) is 5.10 Å². The number of ketones is 1. The highest BCUT2D eigenvalue weighted by atomic mass is 79.9. The van der Waals surface area contributed by atoms with Crippen LogP contribution >= 0.6 is 27.5 Å². The smallest absolute Gasteiger partial charge is 0.168 e. The lowest BCUT2D eigenvalue weighted by atomic mass is 10.1. The second-order valence-electron chi connectivity index (χ2n) is 4.31. The van der Waals surface area contributed by atoms with Gasteiger partial charge in [-0.15, -0.1) is 0 Å². The van der Waals surface area contributed by atoms with E-state index in [1.54, 1.807) is 22.9 Å². The Kier molecular flexibility index (Phi) is 3.96. The molecule has 1 heterocycles. The zero-order valence-electron chi connectivity index (χ0n) is 10.6. The van der Waals surface area contributed by atoms with E-state index < -0.39 is 0 Å². The van der Waals surface area contributed by atoms with Crippen molar-refractivity contribution >= 4 is 39.0 Å². The first kappa shape index (κ1) is 14.1. The summed E-state index contributed by atoms with van der Waals surface area (Å²) in [4.78, 5) is 12.2. The van der Waals surface area contributed by atoms with Gasteiger partial charge in [0.2, 0.25) is 0 Å². The molecular formula is C13H13BrClN3O. The summed E-state index contributed by atoms with van der Waals surface area (Å²) in [5.74, 6) is -0.0212. The van der Waals surface area contributed by atoms with Crippen molar-refractivity contribution in [3.05, 3.63) is 44.6 Å². The summed E-state index contributed by atoms with van der Waals surface area (Å²) in [5, 5.41) is 4.71. The Bertz CT molecular complexity index is 652. The van der Waals surface area contributed by atoms with Crippen molar-refractivity contribution in [3.63, 3.8) is 0 Å². The SMILES string of the molecule is Cc1nn(C)c(CC(=O)c2ccc(Cl)c(N)c2)c1Br. The van der Waals surface area contributed by atoms with E-state index in [-0.39, 0.29) is 12.2 Å². The molecule has 1 aromatic heterocycles. The molecule has 0 spiro atoms. The molecule has 2 rings (SSSR count). The normalized spacial score (nSPS) is 10.7. The highest BCUT2D eigenvalue weighted by Gasteiger charge is 2.16. The van der Waals surface area contributed by atoms with Crippen LogP contribution in [-0.2, 0) is 13.5 Å². The summed E-state index contributed by atoms with van der Waals surface area (Å²) in [5.41, 5.74) is 8.37. The lowest BCUT2D eigenvalue weighted by molar-refractivity contribution is 0.0990. The van der Waals surface area contributed by atoms with Crippen molar-refractivity contribution in [3.8, 4) is 0 Å². The lowest BCUT2D eigenvalue weighted by Gasteiger charge is -2.05. The van der Waals surface area contributed by atoms with E-state index >= 15 is 0 Å². The minimum absolute atomic E-state index is 0.0212. The van der Waals surface area contributed by atoms with Crippen molar-refractivity contribution in [2.24, 2.45) is 7.05 Å². The van der Waals surface area contributed by atoms with Gasteiger partial charge in [0.15, 0.2) is 5.78 Å². The Morgan fingerprint density at radius 2 is 2.21 bits per heavy atom. The Hall–Kier alpha value is -1.33. The van der Waals surface area contributed by atoms with Crippen molar-refractivity contribution < 1.29 is 4.79 Å². The van der Waals surface area contributed by atoms with Crippen LogP contribution in [0.25, 0.3) is 0 Å². The third-order valence-electron chi connectivity index (χ3n) is 2.91. The molecule has 0 unspecified atom stereocenters. The van der Waals surface area contributed by atoms with Gasteiger partial charge in [0, 0.05) is 12.6 Å². The Morgan fingerprint density at radius 1 is 1.53 bits per heavy atom. The van der Waals surface area contributed by atoms with Crippen LogP contribution in [0.15, 0.2) is 22.7 Å². The third kappa shape index (κ3) is 2.82. The maximum atomic E-state index is 12.2. The predicted molar refractivity (Wildman–Crippen MR) is 79.5 cm³/mol. The zero-order chi connectivity index (χ0) is 14.2. The molecular weight excluding hydrogens is 330 g/mol. The Labute approximate surface area is 124 Å². The van der Waals surface area contributed by atoms with Crippen LogP contribution < -0.4 is 5.73 Å². The molecule has 6 heteroatoms. The number of aryl methyl sites for hydroxylation is 2. The van der Waals surface area contributed by atoms with Crippen LogP contribution in [0.5, 0.6) is 0 Å². The minimum atomic E-state index is -0.0212. The average Bonchev–Trinajstić information content (AvgIpc) is 2.59. The molecule has 0 amide bonds. The molecule has 0 radical (unpaired) electrons. The first-order valence-electron chi connectivity index (χ1n) is 5.66. The first-order chi connectivity index (χ1) is 8.90. The summed E-state index contributed by atoms with van der Waals surface area (Å²) >= 11 is 9.29. The molecule has 0 aliphatic heterocycles. The summed E-state index contributed by atoms with van der Waals surface area (Å²) in [6.45, 7) is 1.89. The van der Waals surface area contributed by atoms with Crippen LogP contribution in [-0.4, -0.2) is 15.6 Å². The van der Waals surface area contributed by atoms with Crippen molar-refractivity contribution in [1.29, 1.82) is 0 Å². The number of carbonyl (C=O) groups is 1. The van der Waals surface area contributed by atoms with Gasteiger partial charge in [-0.3, -0.25) is 9.48 Å². The maximum absolute atomic E-state index is 12.2. The van der Waals surface area contributed by atoms with Gasteiger partial charge in [0.1, 0.15) is 0 Å². The molecule has 2 aromatic rings.